The molecule has 7 heteroatoms. The van der Waals surface area contributed by atoms with Crippen LogP contribution in [0.25, 0.3) is 0 Å². The molecule has 0 aromatic rings. The van der Waals surface area contributed by atoms with Crippen LogP contribution >= 0.6 is 0 Å². The Kier molecular flexibility index (Phi) is 7.76. The number of carboxylic acids is 1. The van der Waals surface area contributed by atoms with Gasteiger partial charge in [0.2, 0.25) is 5.91 Å². The van der Waals surface area contributed by atoms with E-state index in [-0.39, 0.29) is 25.4 Å². The molecule has 7 nitrogen and oxygen atoms in total. The molecule has 2 N–H and O–H groups in total. The van der Waals surface area contributed by atoms with Gasteiger partial charge < -0.3 is 20.2 Å². The van der Waals surface area contributed by atoms with Crippen molar-refractivity contribution in [2.75, 3.05) is 26.2 Å². The van der Waals surface area contributed by atoms with Crippen molar-refractivity contribution in [1.82, 2.24) is 15.1 Å². The first-order chi connectivity index (χ1) is 9.72. The van der Waals surface area contributed by atoms with Gasteiger partial charge in [-0.3, -0.25) is 4.79 Å². The van der Waals surface area contributed by atoms with Gasteiger partial charge in [-0.25, -0.2) is 9.59 Å². The van der Waals surface area contributed by atoms with E-state index in [1.807, 2.05) is 13.8 Å². The number of nitrogens with zero attached hydrogens (tertiary/aromatic N) is 2. The van der Waals surface area contributed by atoms with E-state index in [0.717, 1.165) is 0 Å². The van der Waals surface area contributed by atoms with Gasteiger partial charge in [0.1, 0.15) is 5.54 Å². The number of aliphatic carboxylic acids is 1. The molecule has 122 valence electrons. The number of amides is 3. The molecule has 0 rings (SSSR count). The Balaban J connectivity index is 4.49. The summed E-state index contributed by atoms with van der Waals surface area (Å²) in [6.07, 6.45) is 0.207. The van der Waals surface area contributed by atoms with Crippen molar-refractivity contribution in [3.63, 3.8) is 0 Å². The number of likely N-dealkylation sites (N-methyl/N-ethyl adjacent to an activating group) is 1. The Morgan fingerprint density at radius 3 is 1.95 bits per heavy atom. The van der Waals surface area contributed by atoms with E-state index in [1.54, 1.807) is 11.8 Å². The first kappa shape index (κ1) is 19.2. The van der Waals surface area contributed by atoms with E-state index in [9.17, 15) is 14.4 Å². The minimum absolute atomic E-state index is 0.0270. The highest BCUT2D eigenvalue weighted by atomic mass is 16.4. The molecule has 0 heterocycles. The molecule has 0 aromatic carbocycles. The maximum atomic E-state index is 12.0. The van der Waals surface area contributed by atoms with E-state index in [4.69, 9.17) is 5.11 Å². The largest absolute Gasteiger partial charge is 0.480 e. The van der Waals surface area contributed by atoms with Gasteiger partial charge in [-0.1, -0.05) is 0 Å². The van der Waals surface area contributed by atoms with Crippen molar-refractivity contribution >= 4 is 17.9 Å². The molecular weight excluding hydrogens is 274 g/mol. The van der Waals surface area contributed by atoms with Crippen molar-refractivity contribution in [2.45, 2.75) is 46.6 Å². The molecule has 0 atom stereocenters. The Hall–Kier alpha value is -1.79. The lowest BCUT2D eigenvalue weighted by molar-refractivity contribution is -0.147. The van der Waals surface area contributed by atoms with Gasteiger partial charge in [0.05, 0.1) is 0 Å². The minimum Gasteiger partial charge on any atom is -0.480 e. The van der Waals surface area contributed by atoms with Gasteiger partial charge >= 0.3 is 12.0 Å². The van der Waals surface area contributed by atoms with Crippen LogP contribution in [0.1, 0.15) is 41.0 Å². The summed E-state index contributed by atoms with van der Waals surface area (Å²) in [7, 11) is 0. The van der Waals surface area contributed by atoms with Gasteiger partial charge in [0.25, 0.3) is 0 Å². The lowest BCUT2D eigenvalue weighted by Gasteiger charge is -2.34. The highest BCUT2D eigenvalue weighted by Crippen LogP contribution is 2.14. The monoisotopic (exact) mass is 301 g/mol. The number of carbonyl (C=O) groups excluding carboxylic acids is 2. The number of hydrogen-bond donors (Lipinski definition) is 2. The molecule has 0 unspecified atom stereocenters. The fraction of sp³-hybridized carbons (Fsp3) is 0.786. The maximum absolute atomic E-state index is 12.0. The molecule has 0 aliphatic carbocycles. The zero-order chi connectivity index (χ0) is 16.6. The zero-order valence-corrected chi connectivity index (χ0v) is 13.6. The molecule has 0 spiro atoms. The number of nitrogens with one attached hydrogen (secondary N) is 1. The number of carbonyl (C=O) groups is 3. The first-order valence-corrected chi connectivity index (χ1v) is 7.28. The third kappa shape index (κ3) is 5.24. The third-order valence-electron chi connectivity index (χ3n) is 3.49. The fourth-order valence-corrected chi connectivity index (χ4v) is 2.01. The molecule has 0 bridgehead atoms. The molecule has 21 heavy (non-hydrogen) atoms. The number of hydrogen-bond acceptors (Lipinski definition) is 3. The second-order valence-electron chi connectivity index (χ2n) is 5.16. The summed E-state index contributed by atoms with van der Waals surface area (Å²) >= 11 is 0. The number of carboxylic acid groups (broad SMARTS) is 1. The second-order valence-corrected chi connectivity index (χ2v) is 5.16. The zero-order valence-electron chi connectivity index (χ0n) is 13.6. The molecular formula is C14H27N3O4. The molecule has 3 amide bonds. The van der Waals surface area contributed by atoms with E-state index >= 15 is 0 Å². The van der Waals surface area contributed by atoms with Gasteiger partial charge in [-0.15, -0.1) is 0 Å². The second kappa shape index (κ2) is 8.49. The van der Waals surface area contributed by atoms with Crippen LogP contribution in [-0.2, 0) is 9.59 Å². The predicted octanol–water partition coefficient (Wildman–Crippen LogP) is 1.14. The lowest BCUT2D eigenvalue weighted by atomic mass is 10.0. The summed E-state index contributed by atoms with van der Waals surface area (Å²) in [5.41, 5.74) is -1.29. The Labute approximate surface area is 126 Å². The van der Waals surface area contributed by atoms with Crippen LogP contribution in [0, 0.1) is 0 Å². The number of rotatable bonds is 8. The van der Waals surface area contributed by atoms with Crippen molar-refractivity contribution < 1.29 is 19.5 Å². The van der Waals surface area contributed by atoms with Crippen molar-refractivity contribution in [3.8, 4) is 0 Å². The predicted molar refractivity (Wildman–Crippen MR) is 80.0 cm³/mol. The molecule has 0 radical (unpaired) electrons. The molecule has 0 saturated carbocycles. The molecule has 0 aromatic heterocycles. The van der Waals surface area contributed by atoms with Crippen LogP contribution in [0.5, 0.6) is 0 Å². The quantitative estimate of drug-likeness (QED) is 0.703. The number of urea groups is 1. The van der Waals surface area contributed by atoms with Crippen LogP contribution in [-0.4, -0.2) is 64.5 Å². The standard InChI is InChI=1S/C14H27N3O4/c1-6-16(7-2)11(18)9-10-15-13(21)17(8-3)14(4,5)12(19)20/h6-10H2,1-5H3,(H,15,21)(H,19,20). The van der Waals surface area contributed by atoms with Crippen molar-refractivity contribution in [1.29, 1.82) is 0 Å². The van der Waals surface area contributed by atoms with Crippen molar-refractivity contribution in [3.05, 3.63) is 0 Å². The van der Waals surface area contributed by atoms with Gasteiger partial charge in [0, 0.05) is 32.6 Å². The van der Waals surface area contributed by atoms with E-state index < -0.39 is 17.5 Å². The molecule has 0 fully saturated rings. The summed E-state index contributed by atoms with van der Waals surface area (Å²) in [4.78, 5) is 38.0. The van der Waals surface area contributed by atoms with Gasteiger partial charge in [-0.05, 0) is 34.6 Å². The first-order valence-electron chi connectivity index (χ1n) is 7.28. The normalized spacial score (nSPS) is 10.9. The maximum Gasteiger partial charge on any atom is 0.329 e. The van der Waals surface area contributed by atoms with Crippen LogP contribution in [0.3, 0.4) is 0 Å². The summed E-state index contributed by atoms with van der Waals surface area (Å²) in [6.45, 7) is 10.2. The highest BCUT2D eigenvalue weighted by Gasteiger charge is 2.36. The van der Waals surface area contributed by atoms with E-state index in [2.05, 4.69) is 5.32 Å². The van der Waals surface area contributed by atoms with E-state index in [0.29, 0.717) is 13.1 Å². The third-order valence-corrected chi connectivity index (χ3v) is 3.49. The Morgan fingerprint density at radius 2 is 1.57 bits per heavy atom. The van der Waals surface area contributed by atoms with Crippen molar-refractivity contribution in [2.24, 2.45) is 0 Å². The van der Waals surface area contributed by atoms with Crippen LogP contribution in [0.2, 0.25) is 0 Å². The summed E-state index contributed by atoms with van der Waals surface area (Å²) in [5.74, 6) is -1.10. The molecule has 0 saturated heterocycles. The molecule has 0 aliphatic rings. The summed E-state index contributed by atoms with van der Waals surface area (Å²) in [5, 5.41) is 11.8. The average molecular weight is 301 g/mol. The van der Waals surface area contributed by atoms with Crippen LogP contribution in [0.4, 0.5) is 4.79 Å². The van der Waals surface area contributed by atoms with Gasteiger partial charge in [0.15, 0.2) is 0 Å². The Morgan fingerprint density at radius 1 is 1.05 bits per heavy atom. The highest BCUT2D eigenvalue weighted by molar-refractivity contribution is 5.85. The molecule has 0 aliphatic heterocycles. The summed E-state index contributed by atoms with van der Waals surface area (Å²) in [6, 6.07) is -0.475. The smallest absolute Gasteiger partial charge is 0.329 e. The minimum atomic E-state index is -1.29. The SMILES string of the molecule is CCN(CC)C(=O)CCNC(=O)N(CC)C(C)(C)C(=O)O. The van der Waals surface area contributed by atoms with Crippen LogP contribution < -0.4 is 5.32 Å². The average Bonchev–Trinajstić information content (AvgIpc) is 2.40. The topological polar surface area (TPSA) is 90.0 Å². The Bertz CT molecular complexity index is 378. The lowest BCUT2D eigenvalue weighted by Crippen LogP contribution is -2.56. The summed E-state index contributed by atoms with van der Waals surface area (Å²) < 4.78 is 0. The van der Waals surface area contributed by atoms with E-state index in [1.165, 1.54) is 18.7 Å². The van der Waals surface area contributed by atoms with Gasteiger partial charge in [-0.2, -0.15) is 0 Å². The fourth-order valence-electron chi connectivity index (χ4n) is 2.01. The van der Waals surface area contributed by atoms with Crippen LogP contribution in [0.15, 0.2) is 0 Å².